The normalized spacial score (nSPS) is 12.3. The van der Waals surface area contributed by atoms with Crippen molar-refractivity contribution in [1.82, 2.24) is 9.44 Å². The standard InChI is InChI=1S/C7H16N2O4S/c1-5-13-6(10)8-14(11,12)9-7(2,3)4/h9H,5H2,1-4H3,(H,8,10). The van der Waals surface area contributed by atoms with Gasteiger partial charge in [-0.1, -0.05) is 0 Å². The maximum Gasteiger partial charge on any atom is 0.421 e. The number of amides is 1. The Hall–Kier alpha value is -0.820. The molecule has 0 aromatic carbocycles. The summed E-state index contributed by atoms with van der Waals surface area (Å²) in [5.41, 5.74) is -0.641. The number of nitrogens with one attached hydrogen (secondary N) is 2. The molecule has 7 heteroatoms. The summed E-state index contributed by atoms with van der Waals surface area (Å²) in [6.07, 6.45) is -0.982. The highest BCUT2D eigenvalue weighted by molar-refractivity contribution is 7.88. The molecule has 0 rings (SSSR count). The zero-order chi connectivity index (χ0) is 11.4. The lowest BCUT2D eigenvalue weighted by Gasteiger charge is -2.19. The quantitative estimate of drug-likeness (QED) is 0.725. The van der Waals surface area contributed by atoms with E-state index in [2.05, 4.69) is 9.46 Å². The van der Waals surface area contributed by atoms with Gasteiger partial charge in [-0.3, -0.25) is 0 Å². The van der Waals surface area contributed by atoms with E-state index in [9.17, 15) is 13.2 Å². The fourth-order valence-electron chi connectivity index (χ4n) is 0.699. The topological polar surface area (TPSA) is 84.5 Å². The van der Waals surface area contributed by atoms with Crippen LogP contribution in [0.15, 0.2) is 0 Å². The second-order valence-corrected chi connectivity index (χ2v) is 5.09. The van der Waals surface area contributed by atoms with E-state index in [1.165, 1.54) is 0 Å². The third-order valence-corrected chi connectivity index (χ3v) is 2.25. The first-order valence-corrected chi connectivity index (χ1v) is 5.63. The van der Waals surface area contributed by atoms with Gasteiger partial charge in [-0.25, -0.2) is 9.52 Å². The van der Waals surface area contributed by atoms with Gasteiger partial charge in [-0.15, -0.1) is 0 Å². The van der Waals surface area contributed by atoms with Crippen molar-refractivity contribution in [3.63, 3.8) is 0 Å². The minimum atomic E-state index is -3.84. The van der Waals surface area contributed by atoms with Gasteiger partial charge >= 0.3 is 16.3 Å². The lowest BCUT2D eigenvalue weighted by atomic mass is 10.1. The molecule has 0 aromatic heterocycles. The number of carbonyl (C=O) groups excluding carboxylic acids is 1. The highest BCUT2D eigenvalue weighted by Crippen LogP contribution is 2.00. The number of ether oxygens (including phenoxy) is 1. The molecule has 0 spiro atoms. The summed E-state index contributed by atoms with van der Waals surface area (Å²) in [5, 5.41) is 0. The highest BCUT2D eigenvalue weighted by atomic mass is 32.2. The predicted molar refractivity (Wildman–Crippen MR) is 52.0 cm³/mol. The van der Waals surface area contributed by atoms with Crippen molar-refractivity contribution in [1.29, 1.82) is 0 Å². The molecule has 0 radical (unpaired) electrons. The number of hydrogen-bond acceptors (Lipinski definition) is 4. The van der Waals surface area contributed by atoms with Gasteiger partial charge in [0.15, 0.2) is 0 Å². The zero-order valence-electron chi connectivity index (χ0n) is 8.75. The Labute approximate surface area is 84.2 Å². The van der Waals surface area contributed by atoms with E-state index < -0.39 is 21.8 Å². The molecule has 0 heterocycles. The maximum absolute atomic E-state index is 11.2. The molecule has 0 unspecified atom stereocenters. The Bertz CT molecular complexity index is 291. The summed E-state index contributed by atoms with van der Waals surface area (Å²) >= 11 is 0. The minimum absolute atomic E-state index is 0.122. The van der Waals surface area contributed by atoms with Crippen LogP contribution in [0.3, 0.4) is 0 Å². The summed E-state index contributed by atoms with van der Waals surface area (Å²) in [6.45, 7) is 6.70. The van der Waals surface area contributed by atoms with Crippen LogP contribution in [-0.4, -0.2) is 26.7 Å². The molecule has 0 saturated carbocycles. The summed E-state index contributed by atoms with van der Waals surface area (Å²) in [4.78, 5) is 10.8. The average Bonchev–Trinajstić information content (AvgIpc) is 1.78. The van der Waals surface area contributed by atoms with Crippen LogP contribution in [0.1, 0.15) is 27.7 Å². The molecule has 2 N–H and O–H groups in total. The van der Waals surface area contributed by atoms with Crippen LogP contribution >= 0.6 is 0 Å². The average molecular weight is 224 g/mol. The SMILES string of the molecule is CCOC(=O)NS(=O)(=O)NC(C)(C)C. The predicted octanol–water partition coefficient (Wildman–Crippen LogP) is 0.365. The second kappa shape index (κ2) is 4.61. The lowest BCUT2D eigenvalue weighted by Crippen LogP contribution is -2.48. The third kappa shape index (κ3) is 6.67. The molecule has 0 aliphatic rings. The van der Waals surface area contributed by atoms with E-state index in [1.54, 1.807) is 32.4 Å². The van der Waals surface area contributed by atoms with Gasteiger partial charge in [0.05, 0.1) is 6.61 Å². The van der Waals surface area contributed by atoms with E-state index in [0.717, 1.165) is 0 Å². The van der Waals surface area contributed by atoms with Gasteiger partial charge in [0, 0.05) is 5.54 Å². The molecule has 0 aromatic rings. The fraction of sp³-hybridized carbons (Fsp3) is 0.857. The number of hydrogen-bond donors (Lipinski definition) is 2. The molecule has 0 bridgehead atoms. The molecular formula is C7H16N2O4S. The van der Waals surface area contributed by atoms with Crippen molar-refractivity contribution in [2.24, 2.45) is 0 Å². The monoisotopic (exact) mass is 224 g/mol. The molecule has 0 fully saturated rings. The van der Waals surface area contributed by atoms with Crippen LogP contribution in [-0.2, 0) is 14.9 Å². The van der Waals surface area contributed by atoms with Crippen molar-refractivity contribution in [3.05, 3.63) is 0 Å². The van der Waals surface area contributed by atoms with Crippen LogP contribution in [0, 0.1) is 0 Å². The van der Waals surface area contributed by atoms with Crippen molar-refractivity contribution in [2.45, 2.75) is 33.2 Å². The van der Waals surface area contributed by atoms with Crippen molar-refractivity contribution in [2.75, 3.05) is 6.61 Å². The van der Waals surface area contributed by atoms with Crippen LogP contribution in [0.25, 0.3) is 0 Å². The van der Waals surface area contributed by atoms with Crippen LogP contribution in [0.4, 0.5) is 4.79 Å². The van der Waals surface area contributed by atoms with Gasteiger partial charge < -0.3 is 4.74 Å². The first kappa shape index (κ1) is 13.2. The molecular weight excluding hydrogens is 208 g/mol. The summed E-state index contributed by atoms with van der Waals surface area (Å²) in [5.74, 6) is 0. The van der Waals surface area contributed by atoms with Crippen LogP contribution in [0.2, 0.25) is 0 Å². The Morgan fingerprint density at radius 1 is 1.36 bits per heavy atom. The van der Waals surface area contributed by atoms with Crippen LogP contribution in [0.5, 0.6) is 0 Å². The van der Waals surface area contributed by atoms with E-state index in [1.807, 2.05) is 0 Å². The van der Waals surface area contributed by atoms with E-state index in [4.69, 9.17) is 0 Å². The number of rotatable bonds is 3. The van der Waals surface area contributed by atoms with Gasteiger partial charge in [-0.05, 0) is 27.7 Å². The smallest absolute Gasteiger partial charge is 0.421 e. The van der Waals surface area contributed by atoms with E-state index in [-0.39, 0.29) is 6.61 Å². The molecule has 1 amide bonds. The van der Waals surface area contributed by atoms with Gasteiger partial charge in [0.2, 0.25) is 0 Å². The molecule has 0 saturated heterocycles. The number of carbonyl (C=O) groups is 1. The van der Waals surface area contributed by atoms with Gasteiger partial charge in [0.1, 0.15) is 0 Å². The zero-order valence-corrected chi connectivity index (χ0v) is 9.56. The molecule has 0 aliphatic heterocycles. The highest BCUT2D eigenvalue weighted by Gasteiger charge is 2.21. The maximum atomic E-state index is 11.2. The van der Waals surface area contributed by atoms with Gasteiger partial charge in [-0.2, -0.15) is 13.1 Å². The second-order valence-electron chi connectivity index (χ2n) is 3.68. The Morgan fingerprint density at radius 3 is 2.21 bits per heavy atom. The Morgan fingerprint density at radius 2 is 1.86 bits per heavy atom. The van der Waals surface area contributed by atoms with Crippen molar-refractivity contribution in [3.8, 4) is 0 Å². The van der Waals surface area contributed by atoms with E-state index in [0.29, 0.717) is 0 Å². The Balaban J connectivity index is 4.30. The first-order valence-electron chi connectivity index (χ1n) is 4.15. The van der Waals surface area contributed by atoms with Gasteiger partial charge in [0.25, 0.3) is 0 Å². The largest absolute Gasteiger partial charge is 0.449 e. The van der Waals surface area contributed by atoms with Crippen molar-refractivity contribution < 1.29 is 17.9 Å². The van der Waals surface area contributed by atoms with Crippen LogP contribution < -0.4 is 9.44 Å². The summed E-state index contributed by atoms with van der Waals surface area (Å²) in [6, 6.07) is 0. The lowest BCUT2D eigenvalue weighted by molar-refractivity contribution is 0.158. The third-order valence-electron chi connectivity index (χ3n) is 0.934. The first-order chi connectivity index (χ1) is 6.16. The molecule has 6 nitrogen and oxygen atoms in total. The summed E-state index contributed by atoms with van der Waals surface area (Å²) < 4.78 is 30.8. The Kier molecular flexibility index (Phi) is 4.34. The molecule has 0 aliphatic carbocycles. The summed E-state index contributed by atoms with van der Waals surface area (Å²) in [7, 11) is -3.84. The minimum Gasteiger partial charge on any atom is -0.449 e. The molecule has 14 heavy (non-hydrogen) atoms. The molecule has 84 valence electrons. The van der Waals surface area contributed by atoms with E-state index >= 15 is 0 Å². The van der Waals surface area contributed by atoms with Crippen molar-refractivity contribution >= 4 is 16.3 Å². The fourth-order valence-corrected chi connectivity index (χ4v) is 1.83. The molecule has 0 atom stereocenters.